The normalized spacial score (nSPS) is 12.3. The molecule has 0 aromatic heterocycles. The number of aliphatic hydroxyl groups is 1. The first kappa shape index (κ1) is 12.8. The van der Waals surface area contributed by atoms with Crippen LogP contribution >= 0.6 is 0 Å². The molecule has 0 aliphatic heterocycles. The summed E-state index contributed by atoms with van der Waals surface area (Å²) in [7, 11) is 1.92. The maximum absolute atomic E-state index is 9.02. The Morgan fingerprint density at radius 1 is 0.944 bits per heavy atom. The quantitative estimate of drug-likeness (QED) is 0.843. The topological polar surface area (TPSA) is 32.3 Å². The average Bonchev–Trinajstić information content (AvgIpc) is 2.46. The second-order valence-electron chi connectivity index (χ2n) is 4.34. The first-order valence-corrected chi connectivity index (χ1v) is 6.28. The first-order valence-electron chi connectivity index (χ1n) is 6.28. The second kappa shape index (κ2) is 6.34. The second-order valence-corrected chi connectivity index (χ2v) is 4.34. The van der Waals surface area contributed by atoms with Gasteiger partial charge in [0.1, 0.15) is 0 Å². The molecule has 0 aliphatic carbocycles. The summed E-state index contributed by atoms with van der Waals surface area (Å²) in [5.74, 6) is 0. The van der Waals surface area contributed by atoms with Crippen LogP contribution in [-0.2, 0) is 0 Å². The Labute approximate surface area is 108 Å². The van der Waals surface area contributed by atoms with Crippen LogP contribution in [0.4, 0.5) is 0 Å². The molecule has 2 heteroatoms. The number of rotatable bonds is 5. The Kier molecular flexibility index (Phi) is 4.51. The number of aliphatic hydroxyl groups excluding tert-OH is 1. The SMILES string of the molecule is CNC(CCO)c1ccc(-c2ccccc2)cc1. The molecule has 0 amide bonds. The molecule has 2 N–H and O–H groups in total. The van der Waals surface area contributed by atoms with Crippen molar-refractivity contribution in [3.8, 4) is 11.1 Å². The summed E-state index contributed by atoms with van der Waals surface area (Å²) in [4.78, 5) is 0. The third-order valence-corrected chi connectivity index (χ3v) is 3.19. The van der Waals surface area contributed by atoms with Crippen molar-refractivity contribution in [1.82, 2.24) is 5.32 Å². The molecule has 0 saturated heterocycles. The first-order chi connectivity index (χ1) is 8.85. The molecule has 2 nitrogen and oxygen atoms in total. The van der Waals surface area contributed by atoms with Crippen molar-refractivity contribution in [2.24, 2.45) is 0 Å². The van der Waals surface area contributed by atoms with Crippen molar-refractivity contribution in [2.45, 2.75) is 12.5 Å². The van der Waals surface area contributed by atoms with Gasteiger partial charge in [0, 0.05) is 12.6 Å². The van der Waals surface area contributed by atoms with Gasteiger partial charge in [0.25, 0.3) is 0 Å². The minimum Gasteiger partial charge on any atom is -0.396 e. The van der Waals surface area contributed by atoms with Crippen molar-refractivity contribution in [2.75, 3.05) is 13.7 Å². The van der Waals surface area contributed by atoms with E-state index in [-0.39, 0.29) is 12.6 Å². The van der Waals surface area contributed by atoms with Gasteiger partial charge in [-0.2, -0.15) is 0 Å². The van der Waals surface area contributed by atoms with Crippen LogP contribution < -0.4 is 5.32 Å². The predicted molar refractivity (Wildman–Crippen MR) is 75.4 cm³/mol. The van der Waals surface area contributed by atoms with E-state index in [0.717, 1.165) is 6.42 Å². The van der Waals surface area contributed by atoms with Crippen LogP contribution in [-0.4, -0.2) is 18.8 Å². The Balaban J connectivity index is 2.19. The molecule has 0 heterocycles. The van der Waals surface area contributed by atoms with Crippen LogP contribution in [0.5, 0.6) is 0 Å². The van der Waals surface area contributed by atoms with E-state index in [1.807, 2.05) is 25.2 Å². The highest BCUT2D eigenvalue weighted by Gasteiger charge is 2.08. The van der Waals surface area contributed by atoms with Gasteiger partial charge in [0.2, 0.25) is 0 Å². The van der Waals surface area contributed by atoms with E-state index in [9.17, 15) is 0 Å². The number of hydrogen-bond acceptors (Lipinski definition) is 2. The summed E-state index contributed by atoms with van der Waals surface area (Å²) in [6, 6.07) is 19.1. The van der Waals surface area contributed by atoms with Crippen LogP contribution in [0, 0.1) is 0 Å². The van der Waals surface area contributed by atoms with Gasteiger partial charge in [-0.3, -0.25) is 0 Å². The molecule has 1 atom stereocenters. The minimum absolute atomic E-state index is 0.200. The molecule has 94 valence electrons. The lowest BCUT2D eigenvalue weighted by Gasteiger charge is -2.15. The summed E-state index contributed by atoms with van der Waals surface area (Å²) in [6.45, 7) is 0.200. The smallest absolute Gasteiger partial charge is 0.0449 e. The fourth-order valence-electron chi connectivity index (χ4n) is 2.15. The van der Waals surface area contributed by atoms with Gasteiger partial charge in [-0.05, 0) is 30.2 Å². The number of nitrogens with one attached hydrogen (secondary N) is 1. The van der Waals surface area contributed by atoms with E-state index < -0.39 is 0 Å². The number of hydrogen-bond donors (Lipinski definition) is 2. The zero-order valence-electron chi connectivity index (χ0n) is 10.6. The summed E-state index contributed by atoms with van der Waals surface area (Å²) in [5.41, 5.74) is 3.66. The monoisotopic (exact) mass is 241 g/mol. The summed E-state index contributed by atoms with van der Waals surface area (Å²) < 4.78 is 0. The number of benzene rings is 2. The van der Waals surface area contributed by atoms with Gasteiger partial charge in [0.05, 0.1) is 0 Å². The largest absolute Gasteiger partial charge is 0.396 e. The molecular formula is C16H19NO. The molecule has 0 bridgehead atoms. The Hall–Kier alpha value is -1.64. The molecule has 2 aromatic carbocycles. The molecule has 0 aliphatic rings. The van der Waals surface area contributed by atoms with Crippen molar-refractivity contribution in [3.05, 3.63) is 60.2 Å². The third kappa shape index (κ3) is 2.97. The maximum atomic E-state index is 9.02. The fraction of sp³-hybridized carbons (Fsp3) is 0.250. The Morgan fingerprint density at radius 3 is 2.11 bits per heavy atom. The van der Waals surface area contributed by atoms with Crippen LogP contribution in [0.25, 0.3) is 11.1 Å². The maximum Gasteiger partial charge on any atom is 0.0449 e. The van der Waals surface area contributed by atoms with Crippen LogP contribution in [0.15, 0.2) is 54.6 Å². The van der Waals surface area contributed by atoms with E-state index >= 15 is 0 Å². The van der Waals surface area contributed by atoms with Gasteiger partial charge in [-0.15, -0.1) is 0 Å². The molecule has 18 heavy (non-hydrogen) atoms. The molecule has 2 aromatic rings. The fourth-order valence-corrected chi connectivity index (χ4v) is 2.15. The molecule has 0 radical (unpaired) electrons. The molecule has 1 unspecified atom stereocenters. The third-order valence-electron chi connectivity index (χ3n) is 3.19. The lowest BCUT2D eigenvalue weighted by molar-refractivity contribution is 0.269. The van der Waals surface area contributed by atoms with Gasteiger partial charge in [-0.1, -0.05) is 54.6 Å². The van der Waals surface area contributed by atoms with E-state index in [0.29, 0.717) is 0 Å². The predicted octanol–water partition coefficient (Wildman–Crippen LogP) is 3.00. The van der Waals surface area contributed by atoms with Crippen LogP contribution in [0.2, 0.25) is 0 Å². The highest BCUT2D eigenvalue weighted by Crippen LogP contribution is 2.22. The standard InChI is InChI=1S/C16H19NO/c1-17-16(11-12-18)15-9-7-14(8-10-15)13-5-3-2-4-6-13/h2-10,16-18H,11-12H2,1H3. The van der Waals surface area contributed by atoms with E-state index in [1.54, 1.807) is 0 Å². The summed E-state index contributed by atoms with van der Waals surface area (Å²) >= 11 is 0. The highest BCUT2D eigenvalue weighted by molar-refractivity contribution is 5.63. The molecule has 0 fully saturated rings. The van der Waals surface area contributed by atoms with E-state index in [2.05, 4.69) is 41.7 Å². The lowest BCUT2D eigenvalue weighted by Crippen LogP contribution is -2.17. The molecule has 2 rings (SSSR count). The van der Waals surface area contributed by atoms with Crippen molar-refractivity contribution >= 4 is 0 Å². The van der Waals surface area contributed by atoms with E-state index in [1.165, 1.54) is 16.7 Å². The zero-order chi connectivity index (χ0) is 12.8. The van der Waals surface area contributed by atoms with Gasteiger partial charge < -0.3 is 10.4 Å². The van der Waals surface area contributed by atoms with Crippen molar-refractivity contribution in [3.63, 3.8) is 0 Å². The molecule has 0 spiro atoms. The average molecular weight is 241 g/mol. The van der Waals surface area contributed by atoms with Crippen LogP contribution in [0.1, 0.15) is 18.0 Å². The van der Waals surface area contributed by atoms with Gasteiger partial charge in [0.15, 0.2) is 0 Å². The van der Waals surface area contributed by atoms with Gasteiger partial charge >= 0.3 is 0 Å². The van der Waals surface area contributed by atoms with Crippen LogP contribution in [0.3, 0.4) is 0 Å². The minimum atomic E-state index is 0.200. The van der Waals surface area contributed by atoms with Gasteiger partial charge in [-0.25, -0.2) is 0 Å². The Morgan fingerprint density at radius 2 is 1.56 bits per heavy atom. The zero-order valence-corrected chi connectivity index (χ0v) is 10.6. The van der Waals surface area contributed by atoms with Crippen molar-refractivity contribution in [1.29, 1.82) is 0 Å². The van der Waals surface area contributed by atoms with E-state index in [4.69, 9.17) is 5.11 Å². The molecular weight excluding hydrogens is 222 g/mol. The summed E-state index contributed by atoms with van der Waals surface area (Å²) in [5, 5.41) is 12.2. The summed E-state index contributed by atoms with van der Waals surface area (Å²) in [6.07, 6.45) is 0.737. The molecule has 0 saturated carbocycles. The highest BCUT2D eigenvalue weighted by atomic mass is 16.3. The van der Waals surface area contributed by atoms with Crippen molar-refractivity contribution < 1.29 is 5.11 Å². The lowest BCUT2D eigenvalue weighted by atomic mass is 9.99. The Bertz CT molecular complexity index is 464.